The molecule has 0 radical (unpaired) electrons. The average molecular weight is 186 g/mol. The molecule has 6 heteroatoms. The molecule has 0 aromatic rings. The van der Waals surface area contributed by atoms with Gasteiger partial charge in [0.05, 0.1) is 0 Å². The Bertz CT molecular complexity index is 107. The van der Waals surface area contributed by atoms with Gasteiger partial charge in [0.15, 0.2) is 18.5 Å². The molecule has 12 heavy (non-hydrogen) atoms. The van der Waals surface area contributed by atoms with Crippen LogP contribution in [0.5, 0.6) is 0 Å². The zero-order valence-corrected chi connectivity index (χ0v) is 6.35. The first-order valence-corrected chi connectivity index (χ1v) is 3.67. The van der Waals surface area contributed by atoms with Crippen molar-refractivity contribution in [2.24, 2.45) is 0 Å². The molecule has 0 saturated heterocycles. The molecule has 4 unspecified atom stereocenters. The fourth-order valence-electron chi connectivity index (χ4n) is 1.28. The molecule has 0 nitrogen and oxygen atoms in total. The zero-order chi connectivity index (χ0) is 9.46. The van der Waals surface area contributed by atoms with Gasteiger partial charge >= 0.3 is 0 Å². The molecular weight excluding hydrogens is 178 g/mol. The monoisotopic (exact) mass is 186 g/mol. The van der Waals surface area contributed by atoms with Gasteiger partial charge in [-0.25, -0.2) is 22.0 Å². The fraction of sp³-hybridized carbons (Fsp3) is 1.00. The lowest BCUT2D eigenvalue weighted by Crippen LogP contribution is -2.50. The third-order valence-electron chi connectivity index (χ3n) is 2.22. The van der Waals surface area contributed by atoms with E-state index in [0.29, 0.717) is 0 Å². The maximum Gasteiger partial charge on any atom is 0.168 e. The van der Waals surface area contributed by atoms with Crippen LogP contribution in [0, 0.1) is 0 Å². The van der Waals surface area contributed by atoms with Crippen molar-refractivity contribution in [3.63, 3.8) is 0 Å². The van der Waals surface area contributed by atoms with E-state index < -0.39 is 36.7 Å². The highest BCUT2D eigenvalue weighted by Gasteiger charge is 2.51. The summed E-state index contributed by atoms with van der Waals surface area (Å²) in [5, 5.41) is 0. The van der Waals surface area contributed by atoms with Crippen molar-refractivity contribution >= 4 is 7.85 Å². The molecule has 0 N–H and O–H groups in total. The minimum absolute atomic E-state index is 1.03. The van der Waals surface area contributed by atoms with Crippen LogP contribution in [-0.4, -0.2) is 38.7 Å². The quantitative estimate of drug-likeness (QED) is 0.392. The second-order valence-corrected chi connectivity index (χ2v) is 3.08. The molecule has 0 spiro atoms. The van der Waals surface area contributed by atoms with Crippen molar-refractivity contribution in [2.45, 2.75) is 36.7 Å². The highest BCUT2D eigenvalue weighted by atomic mass is 19.2. The van der Waals surface area contributed by atoms with Gasteiger partial charge in [-0.15, -0.1) is 0 Å². The summed E-state index contributed by atoms with van der Waals surface area (Å²) in [5.74, 6) is -1.41. The van der Waals surface area contributed by atoms with E-state index in [9.17, 15) is 22.0 Å². The first-order chi connectivity index (χ1) is 5.46. The minimum atomic E-state index is -2.67. The largest absolute Gasteiger partial charge is 0.245 e. The van der Waals surface area contributed by atoms with Gasteiger partial charge in [-0.1, -0.05) is 0 Å². The highest BCUT2D eigenvalue weighted by Crippen LogP contribution is 2.37. The molecule has 1 saturated carbocycles. The predicted octanol–water partition coefficient (Wildman–Crippen LogP) is 1.11. The van der Waals surface area contributed by atoms with E-state index >= 15 is 0 Å². The van der Waals surface area contributed by atoms with Gasteiger partial charge in [0, 0.05) is 0 Å². The minimum Gasteiger partial charge on any atom is -0.245 e. The Morgan fingerprint density at radius 2 is 0.833 bits per heavy atom. The van der Waals surface area contributed by atoms with Crippen LogP contribution in [0.15, 0.2) is 0 Å². The predicted molar refractivity (Wildman–Crippen MR) is 36.8 cm³/mol. The Hall–Kier alpha value is -0.285. The van der Waals surface area contributed by atoms with Gasteiger partial charge in [0.2, 0.25) is 0 Å². The van der Waals surface area contributed by atoms with Crippen molar-refractivity contribution in [1.82, 2.24) is 0 Å². The van der Waals surface area contributed by atoms with Crippen molar-refractivity contribution < 1.29 is 22.0 Å². The SMILES string of the molecule is BC1C(F)C(F)C(F)C(F)C1F. The lowest BCUT2D eigenvalue weighted by atomic mass is 9.71. The molecule has 70 valence electrons. The van der Waals surface area contributed by atoms with Crippen molar-refractivity contribution in [2.75, 3.05) is 0 Å². The highest BCUT2D eigenvalue weighted by molar-refractivity contribution is 6.12. The molecule has 1 fully saturated rings. The molecular formula is C6H8BF5. The summed E-state index contributed by atoms with van der Waals surface area (Å²) in [6.07, 6.45) is -12.3. The molecule has 1 aliphatic rings. The molecule has 0 aromatic carbocycles. The van der Waals surface area contributed by atoms with Gasteiger partial charge in [0.1, 0.15) is 20.2 Å². The summed E-state index contributed by atoms with van der Waals surface area (Å²) < 4.78 is 62.6. The van der Waals surface area contributed by atoms with E-state index in [1.54, 1.807) is 0 Å². The van der Waals surface area contributed by atoms with Crippen LogP contribution >= 0.6 is 0 Å². The van der Waals surface area contributed by atoms with E-state index in [4.69, 9.17) is 0 Å². The topological polar surface area (TPSA) is 0 Å². The van der Waals surface area contributed by atoms with E-state index in [0.717, 1.165) is 7.85 Å². The number of rotatable bonds is 0. The number of halogens is 5. The zero-order valence-electron chi connectivity index (χ0n) is 6.35. The van der Waals surface area contributed by atoms with Gasteiger partial charge < -0.3 is 0 Å². The van der Waals surface area contributed by atoms with Gasteiger partial charge in [-0.05, 0) is 5.82 Å². The van der Waals surface area contributed by atoms with Crippen LogP contribution in [0.4, 0.5) is 22.0 Å². The van der Waals surface area contributed by atoms with Crippen LogP contribution in [0.25, 0.3) is 0 Å². The van der Waals surface area contributed by atoms with Crippen LogP contribution in [0.3, 0.4) is 0 Å². The molecule has 0 bridgehead atoms. The lowest BCUT2D eigenvalue weighted by molar-refractivity contribution is -0.0496. The summed E-state index contributed by atoms with van der Waals surface area (Å²) >= 11 is 0. The smallest absolute Gasteiger partial charge is 0.168 e. The Morgan fingerprint density at radius 1 is 0.583 bits per heavy atom. The summed E-state index contributed by atoms with van der Waals surface area (Å²) in [6.45, 7) is 0. The van der Waals surface area contributed by atoms with Gasteiger partial charge in [-0.2, -0.15) is 0 Å². The van der Waals surface area contributed by atoms with Crippen LogP contribution in [0.1, 0.15) is 0 Å². The van der Waals surface area contributed by atoms with E-state index in [1.165, 1.54) is 0 Å². The molecule has 1 rings (SSSR count). The molecule has 1 aliphatic carbocycles. The van der Waals surface area contributed by atoms with Crippen molar-refractivity contribution in [1.29, 1.82) is 0 Å². The standard InChI is InChI=1S/C6H8BF5/c7-1-2(8)4(10)6(12)5(11)3(1)9/h1-6H,7H2. The number of hydrogen-bond acceptors (Lipinski definition) is 0. The van der Waals surface area contributed by atoms with Crippen LogP contribution in [-0.2, 0) is 0 Å². The fourth-order valence-corrected chi connectivity index (χ4v) is 1.28. The third-order valence-corrected chi connectivity index (χ3v) is 2.22. The van der Waals surface area contributed by atoms with Gasteiger partial charge in [0.25, 0.3) is 0 Å². The second-order valence-electron chi connectivity index (χ2n) is 3.08. The molecule has 4 atom stereocenters. The Labute approximate surface area is 67.5 Å². The maximum atomic E-state index is 12.6. The first-order valence-electron chi connectivity index (χ1n) is 3.67. The second kappa shape index (κ2) is 3.22. The molecule has 0 amide bonds. The Balaban J connectivity index is 2.76. The van der Waals surface area contributed by atoms with E-state index in [2.05, 4.69) is 0 Å². The van der Waals surface area contributed by atoms with Crippen LogP contribution in [0.2, 0.25) is 5.82 Å². The third kappa shape index (κ3) is 1.31. The van der Waals surface area contributed by atoms with E-state index in [1.807, 2.05) is 0 Å². The van der Waals surface area contributed by atoms with Crippen LogP contribution < -0.4 is 0 Å². The summed E-state index contributed by atoms with van der Waals surface area (Å²) in [7, 11) is 1.03. The van der Waals surface area contributed by atoms with Gasteiger partial charge in [-0.3, -0.25) is 0 Å². The average Bonchev–Trinajstić information content (AvgIpc) is 2.08. The summed E-state index contributed by atoms with van der Waals surface area (Å²) in [5.41, 5.74) is 0. The number of alkyl halides is 5. The Kier molecular flexibility index (Phi) is 2.63. The first kappa shape index (κ1) is 9.80. The molecule has 0 aliphatic heterocycles. The Morgan fingerprint density at radius 3 is 1.17 bits per heavy atom. The molecule has 0 aromatic heterocycles. The van der Waals surface area contributed by atoms with E-state index in [-0.39, 0.29) is 0 Å². The van der Waals surface area contributed by atoms with Crippen molar-refractivity contribution in [3.8, 4) is 0 Å². The summed E-state index contributed by atoms with van der Waals surface area (Å²) in [6, 6.07) is 0. The summed E-state index contributed by atoms with van der Waals surface area (Å²) in [4.78, 5) is 0. The molecule has 0 heterocycles. The normalized spacial score (nSPS) is 55.4. The number of hydrogen-bond donors (Lipinski definition) is 0. The maximum absolute atomic E-state index is 12.6. The van der Waals surface area contributed by atoms with Crippen molar-refractivity contribution in [3.05, 3.63) is 0 Å². The lowest BCUT2D eigenvalue weighted by Gasteiger charge is -2.34.